The highest BCUT2D eigenvalue weighted by atomic mass is 32.2. The van der Waals surface area contributed by atoms with Crippen molar-refractivity contribution in [3.05, 3.63) is 0 Å². The van der Waals surface area contributed by atoms with Crippen LogP contribution in [-0.2, 0) is 14.3 Å². The van der Waals surface area contributed by atoms with Gasteiger partial charge < -0.3 is 0 Å². The van der Waals surface area contributed by atoms with Gasteiger partial charge in [0, 0.05) is 0 Å². The Labute approximate surface area is 73.2 Å². The van der Waals surface area contributed by atoms with E-state index in [1.807, 2.05) is 6.92 Å². The number of hydrogen-bond donors (Lipinski definition) is 0. The molecule has 0 N–H and O–H groups in total. The van der Waals surface area contributed by atoms with Gasteiger partial charge in [-0.2, -0.15) is 8.42 Å². The normalized spacial score (nSPS) is 45.6. The highest BCUT2D eigenvalue weighted by Crippen LogP contribution is 2.46. The number of hydrogen-bond acceptors (Lipinski definition) is 3. The molecule has 0 radical (unpaired) electrons. The molecule has 4 heteroatoms. The van der Waals surface area contributed by atoms with Crippen molar-refractivity contribution in [1.82, 2.24) is 0 Å². The summed E-state index contributed by atoms with van der Waals surface area (Å²) in [4.78, 5) is 0. The minimum atomic E-state index is -3.19. The first-order chi connectivity index (χ1) is 5.58. The van der Waals surface area contributed by atoms with Crippen LogP contribution in [-0.4, -0.2) is 19.8 Å². The summed E-state index contributed by atoms with van der Waals surface area (Å²) in [6.07, 6.45) is 4.03. The maximum atomic E-state index is 11.4. The smallest absolute Gasteiger partial charge is 0.268 e. The standard InChI is InChI=1S/C8H14O3S/c1-7-4-2-3-5-8(7)6-11-12(8,9)10/h7H,2-6H2,1H3. The van der Waals surface area contributed by atoms with Crippen LogP contribution in [0.4, 0.5) is 0 Å². The van der Waals surface area contributed by atoms with Crippen LogP contribution >= 0.6 is 0 Å². The molecule has 0 amide bonds. The maximum absolute atomic E-state index is 11.4. The van der Waals surface area contributed by atoms with Crippen LogP contribution in [0, 0.1) is 5.92 Å². The highest BCUT2D eigenvalue weighted by Gasteiger charge is 2.58. The quantitative estimate of drug-likeness (QED) is 0.541. The van der Waals surface area contributed by atoms with E-state index in [4.69, 9.17) is 0 Å². The average molecular weight is 190 g/mol. The zero-order chi connectivity index (χ0) is 8.82. The molecule has 1 saturated carbocycles. The van der Waals surface area contributed by atoms with Gasteiger partial charge >= 0.3 is 0 Å². The predicted molar refractivity (Wildman–Crippen MR) is 45.2 cm³/mol. The van der Waals surface area contributed by atoms with Crippen molar-refractivity contribution in [3.63, 3.8) is 0 Å². The van der Waals surface area contributed by atoms with Crippen molar-refractivity contribution >= 4 is 10.1 Å². The average Bonchev–Trinajstić information content (AvgIpc) is 2.03. The summed E-state index contributed by atoms with van der Waals surface area (Å²) in [6.45, 7) is 2.45. The third-order valence-electron chi connectivity index (χ3n) is 3.34. The topological polar surface area (TPSA) is 43.4 Å². The van der Waals surface area contributed by atoms with Crippen LogP contribution in [0.15, 0.2) is 0 Å². The highest BCUT2D eigenvalue weighted by molar-refractivity contribution is 7.89. The Morgan fingerprint density at radius 2 is 2.17 bits per heavy atom. The van der Waals surface area contributed by atoms with E-state index in [-0.39, 0.29) is 5.92 Å². The summed E-state index contributed by atoms with van der Waals surface area (Å²) in [5, 5.41) is 0. The molecule has 2 aliphatic rings. The summed E-state index contributed by atoms with van der Waals surface area (Å²) in [5.74, 6) is 0.282. The second kappa shape index (κ2) is 2.45. The zero-order valence-corrected chi connectivity index (χ0v) is 8.06. The van der Waals surface area contributed by atoms with Gasteiger partial charge in [-0.05, 0) is 18.8 Å². The summed E-state index contributed by atoms with van der Waals surface area (Å²) in [6, 6.07) is 0. The molecule has 1 saturated heterocycles. The van der Waals surface area contributed by atoms with Crippen LogP contribution < -0.4 is 0 Å². The largest absolute Gasteiger partial charge is 0.275 e. The van der Waals surface area contributed by atoms with Crippen molar-refractivity contribution in [2.75, 3.05) is 6.61 Å². The van der Waals surface area contributed by atoms with Crippen LogP contribution in [0.1, 0.15) is 32.6 Å². The maximum Gasteiger partial charge on any atom is 0.275 e. The summed E-state index contributed by atoms with van der Waals surface area (Å²) in [7, 11) is -3.19. The van der Waals surface area contributed by atoms with E-state index in [0.29, 0.717) is 6.61 Å². The van der Waals surface area contributed by atoms with E-state index >= 15 is 0 Å². The molecule has 70 valence electrons. The molecular formula is C8H14O3S. The van der Waals surface area contributed by atoms with E-state index in [9.17, 15) is 8.42 Å². The molecule has 2 atom stereocenters. The van der Waals surface area contributed by atoms with E-state index in [1.54, 1.807) is 0 Å². The Morgan fingerprint density at radius 3 is 2.50 bits per heavy atom. The van der Waals surface area contributed by atoms with Gasteiger partial charge in [0.25, 0.3) is 10.1 Å². The van der Waals surface area contributed by atoms with Gasteiger partial charge in [0.1, 0.15) is 4.75 Å². The monoisotopic (exact) mass is 190 g/mol. The summed E-state index contributed by atoms with van der Waals surface area (Å²) < 4.78 is 26.9. The number of rotatable bonds is 0. The zero-order valence-electron chi connectivity index (χ0n) is 7.25. The fraction of sp³-hybridized carbons (Fsp3) is 1.00. The summed E-state index contributed by atoms with van der Waals surface area (Å²) in [5.41, 5.74) is 0. The lowest BCUT2D eigenvalue weighted by molar-refractivity contribution is 0.110. The fourth-order valence-electron chi connectivity index (χ4n) is 2.28. The lowest BCUT2D eigenvalue weighted by Crippen LogP contribution is -2.59. The van der Waals surface area contributed by atoms with Gasteiger partial charge in [-0.3, -0.25) is 4.18 Å². The molecule has 0 aromatic heterocycles. The molecule has 0 bridgehead atoms. The molecule has 2 fully saturated rings. The van der Waals surface area contributed by atoms with Crippen molar-refractivity contribution in [3.8, 4) is 0 Å². The Morgan fingerprint density at radius 1 is 1.42 bits per heavy atom. The van der Waals surface area contributed by atoms with Gasteiger partial charge in [-0.1, -0.05) is 19.8 Å². The molecule has 12 heavy (non-hydrogen) atoms. The van der Waals surface area contributed by atoms with Gasteiger partial charge in [0.15, 0.2) is 0 Å². The first kappa shape index (κ1) is 8.51. The van der Waals surface area contributed by atoms with Crippen LogP contribution in [0.5, 0.6) is 0 Å². The van der Waals surface area contributed by atoms with E-state index in [2.05, 4.69) is 4.18 Å². The Bertz CT molecular complexity index is 283. The van der Waals surface area contributed by atoms with Crippen molar-refractivity contribution < 1.29 is 12.6 Å². The second-order valence-corrected chi connectivity index (χ2v) is 5.88. The third-order valence-corrected chi connectivity index (χ3v) is 5.49. The predicted octanol–water partition coefficient (Wildman–Crippen LogP) is 1.30. The lowest BCUT2D eigenvalue weighted by Gasteiger charge is -2.46. The van der Waals surface area contributed by atoms with Gasteiger partial charge in [0.2, 0.25) is 0 Å². The second-order valence-electron chi connectivity index (χ2n) is 3.93. The van der Waals surface area contributed by atoms with Gasteiger partial charge in [0.05, 0.1) is 6.61 Å². The minimum Gasteiger partial charge on any atom is -0.268 e. The molecule has 2 unspecified atom stereocenters. The third kappa shape index (κ3) is 0.879. The molecule has 1 heterocycles. The first-order valence-electron chi connectivity index (χ1n) is 4.47. The Balaban J connectivity index is 2.30. The molecule has 1 spiro atoms. The van der Waals surface area contributed by atoms with E-state index in [0.717, 1.165) is 19.3 Å². The SMILES string of the molecule is CC1CCCCC12COS2(=O)=O. The van der Waals surface area contributed by atoms with Crippen LogP contribution in [0.25, 0.3) is 0 Å². The Hall–Kier alpha value is -0.0900. The fourth-order valence-corrected chi connectivity index (χ4v) is 3.89. The first-order valence-corrected chi connectivity index (χ1v) is 5.88. The van der Waals surface area contributed by atoms with Gasteiger partial charge in [-0.15, -0.1) is 0 Å². The van der Waals surface area contributed by atoms with E-state index in [1.165, 1.54) is 6.42 Å². The molecule has 1 aliphatic carbocycles. The molecular weight excluding hydrogens is 176 g/mol. The van der Waals surface area contributed by atoms with Crippen molar-refractivity contribution in [2.24, 2.45) is 5.92 Å². The van der Waals surface area contributed by atoms with Crippen LogP contribution in [0.3, 0.4) is 0 Å². The minimum absolute atomic E-state index is 0.282. The lowest BCUT2D eigenvalue weighted by atomic mass is 9.80. The van der Waals surface area contributed by atoms with E-state index < -0.39 is 14.9 Å². The Kier molecular flexibility index (Phi) is 1.74. The molecule has 3 nitrogen and oxygen atoms in total. The summed E-state index contributed by atoms with van der Waals surface area (Å²) >= 11 is 0. The van der Waals surface area contributed by atoms with Crippen molar-refractivity contribution in [2.45, 2.75) is 37.4 Å². The molecule has 0 aromatic carbocycles. The molecule has 0 aromatic rings. The molecule has 1 aliphatic heterocycles. The van der Waals surface area contributed by atoms with Crippen molar-refractivity contribution in [1.29, 1.82) is 0 Å². The molecule has 2 rings (SSSR count). The van der Waals surface area contributed by atoms with Crippen LogP contribution in [0.2, 0.25) is 0 Å². The van der Waals surface area contributed by atoms with Gasteiger partial charge in [-0.25, -0.2) is 0 Å².